The molecular formula is C45H44N8O9S4. The molecule has 0 bridgehead atoms. The molecular weight excluding hydrogens is 925 g/mol. The van der Waals surface area contributed by atoms with Crippen LogP contribution in [0.3, 0.4) is 0 Å². The molecule has 0 aliphatic rings. The van der Waals surface area contributed by atoms with Gasteiger partial charge in [-0.25, -0.2) is 38.7 Å². The molecule has 17 nitrogen and oxygen atoms in total. The number of aryl methyl sites for hydroxylation is 2. The maximum absolute atomic E-state index is 12.8. The predicted molar refractivity (Wildman–Crippen MR) is 252 cm³/mol. The number of aromatic nitrogens is 3. The van der Waals surface area contributed by atoms with Gasteiger partial charge in [0.05, 0.1) is 48.9 Å². The van der Waals surface area contributed by atoms with E-state index >= 15 is 0 Å². The Bertz CT molecular complexity index is 3390. The second kappa shape index (κ2) is 18.5. The third kappa shape index (κ3) is 11.0. The van der Waals surface area contributed by atoms with Gasteiger partial charge in [0.1, 0.15) is 11.6 Å². The van der Waals surface area contributed by atoms with E-state index in [-0.39, 0.29) is 71.6 Å². The van der Waals surface area contributed by atoms with Crippen molar-refractivity contribution in [3.05, 3.63) is 131 Å². The lowest BCUT2D eigenvalue weighted by atomic mass is 10.1. The molecule has 0 spiro atoms. The second-order valence-corrected chi connectivity index (χ2v) is 23.8. The van der Waals surface area contributed by atoms with Crippen LogP contribution < -0.4 is 5.32 Å². The number of hydrogen-bond acceptors (Lipinski definition) is 17. The first-order valence-electron chi connectivity index (χ1n) is 20.0. The Kier molecular flexibility index (Phi) is 13.3. The summed E-state index contributed by atoms with van der Waals surface area (Å²) >= 11 is 0. The van der Waals surface area contributed by atoms with Gasteiger partial charge in [0.25, 0.3) is 0 Å². The number of sulfone groups is 4. The molecule has 7 aromatic rings. The molecule has 0 fully saturated rings. The number of nitrogens with zero attached hydrogens (tertiary/aromatic N) is 7. The topological polar surface area (TPSA) is 257 Å². The Morgan fingerprint density at radius 3 is 1.26 bits per heavy atom. The molecule has 2 N–H and O–H groups in total. The first-order valence-corrected chi connectivity index (χ1v) is 27.6. The van der Waals surface area contributed by atoms with E-state index in [2.05, 4.69) is 35.7 Å². The molecule has 0 radical (unpaired) electrons. The van der Waals surface area contributed by atoms with Crippen LogP contribution in [0.1, 0.15) is 33.9 Å². The van der Waals surface area contributed by atoms with Crippen LogP contribution in [0.4, 0.5) is 28.7 Å². The number of azo groups is 2. The van der Waals surface area contributed by atoms with Crippen LogP contribution in [0.15, 0.2) is 137 Å². The molecule has 21 heteroatoms. The Balaban J connectivity index is 1.12. The largest absolute Gasteiger partial charge is 0.395 e. The summed E-state index contributed by atoms with van der Waals surface area (Å²) in [6.07, 6.45) is 4.82. The molecule has 66 heavy (non-hydrogen) atoms. The van der Waals surface area contributed by atoms with Crippen LogP contribution >= 0.6 is 0 Å². The van der Waals surface area contributed by atoms with Gasteiger partial charge in [-0.2, -0.15) is 30.4 Å². The molecule has 1 aromatic heterocycles. The van der Waals surface area contributed by atoms with E-state index in [1.165, 1.54) is 48.5 Å². The zero-order valence-electron chi connectivity index (χ0n) is 36.5. The van der Waals surface area contributed by atoms with Gasteiger partial charge in [-0.1, -0.05) is 48.5 Å². The number of aliphatic hydroxyl groups is 1. The molecule has 0 saturated heterocycles. The van der Waals surface area contributed by atoms with Gasteiger partial charge in [-0.05, 0) is 84.6 Å². The Hall–Kier alpha value is -6.39. The van der Waals surface area contributed by atoms with E-state index < -0.39 is 39.3 Å². The lowest BCUT2D eigenvalue weighted by molar-refractivity contribution is 0.310. The Morgan fingerprint density at radius 1 is 0.485 bits per heavy atom. The van der Waals surface area contributed by atoms with Crippen LogP contribution in [0.2, 0.25) is 0 Å². The molecule has 7 rings (SSSR count). The monoisotopic (exact) mass is 968 g/mol. The quantitative estimate of drug-likeness (QED) is 0.0930. The summed E-state index contributed by atoms with van der Waals surface area (Å²) in [6, 6.07) is 25.6. The maximum atomic E-state index is 12.8. The maximum Gasteiger partial charge on any atom is 0.226 e. The SMILES string of the molecule is Cc1cc(Cc2nc(Cc3ccc(N=Nc4cc(S(C)(=O)=O)c5cccc(S(C)(=O)=O)c5c4)c(C)c3)nc(NCCO)n2)ccc1N=Nc1cc(S(C)(=O)=O)c2cccc(S(C)(=O)=O)c2c1. The number of nitrogens with one attached hydrogen (secondary N) is 1. The summed E-state index contributed by atoms with van der Waals surface area (Å²) < 4.78 is 101. The number of benzene rings is 6. The van der Waals surface area contributed by atoms with E-state index in [0.29, 0.717) is 35.9 Å². The van der Waals surface area contributed by atoms with Gasteiger partial charge in [0.2, 0.25) is 5.95 Å². The van der Waals surface area contributed by atoms with E-state index in [1.807, 2.05) is 38.1 Å². The predicted octanol–water partition coefficient (Wildman–Crippen LogP) is 7.83. The number of rotatable bonds is 15. The molecule has 6 aromatic carbocycles. The fourth-order valence-corrected chi connectivity index (χ4v) is 10.9. The van der Waals surface area contributed by atoms with Gasteiger partial charge in [-0.15, -0.1) is 0 Å². The smallest absolute Gasteiger partial charge is 0.226 e. The van der Waals surface area contributed by atoms with E-state index in [9.17, 15) is 38.8 Å². The van der Waals surface area contributed by atoms with Crippen molar-refractivity contribution in [3.8, 4) is 0 Å². The molecule has 0 saturated carbocycles. The third-order valence-corrected chi connectivity index (χ3v) is 14.9. The summed E-state index contributed by atoms with van der Waals surface area (Å²) in [5.41, 5.74) is 4.48. The molecule has 0 aliphatic heterocycles. The van der Waals surface area contributed by atoms with Crippen molar-refractivity contribution in [2.75, 3.05) is 43.5 Å². The highest BCUT2D eigenvalue weighted by Gasteiger charge is 2.21. The van der Waals surface area contributed by atoms with Crippen molar-refractivity contribution in [2.45, 2.75) is 46.3 Å². The number of fused-ring (bicyclic) bond motifs is 2. The van der Waals surface area contributed by atoms with Crippen molar-refractivity contribution >= 4 is 89.6 Å². The number of aliphatic hydroxyl groups excluding tert-OH is 1. The first-order chi connectivity index (χ1) is 31.0. The minimum atomic E-state index is -3.76. The number of anilines is 1. The van der Waals surface area contributed by atoms with Crippen LogP contribution in [-0.4, -0.2) is 91.9 Å². The fourth-order valence-electron chi connectivity index (χ4n) is 7.34. The van der Waals surface area contributed by atoms with Crippen molar-refractivity contribution in [2.24, 2.45) is 20.5 Å². The van der Waals surface area contributed by atoms with Gasteiger partial charge < -0.3 is 10.4 Å². The van der Waals surface area contributed by atoms with Crippen molar-refractivity contribution in [1.29, 1.82) is 0 Å². The van der Waals surface area contributed by atoms with Crippen LogP contribution in [0, 0.1) is 13.8 Å². The van der Waals surface area contributed by atoms with Crippen LogP contribution in [0.5, 0.6) is 0 Å². The van der Waals surface area contributed by atoms with E-state index in [1.54, 1.807) is 24.3 Å². The molecule has 1 heterocycles. The fraction of sp³-hybridized carbons (Fsp3) is 0.222. The van der Waals surface area contributed by atoms with Crippen LogP contribution in [-0.2, 0) is 52.2 Å². The number of hydrogen-bond donors (Lipinski definition) is 2. The highest BCUT2D eigenvalue weighted by Crippen LogP contribution is 2.36. The van der Waals surface area contributed by atoms with Crippen LogP contribution in [0.25, 0.3) is 21.5 Å². The zero-order valence-corrected chi connectivity index (χ0v) is 39.8. The van der Waals surface area contributed by atoms with Gasteiger partial charge in [-0.3, -0.25) is 0 Å². The van der Waals surface area contributed by atoms with Gasteiger partial charge in [0, 0.05) is 66.0 Å². The van der Waals surface area contributed by atoms with Crippen molar-refractivity contribution in [3.63, 3.8) is 0 Å². The standard InChI is InChI=1S/C45H44N8O9S4/c1-27-19-29(13-15-37(27)52-50-31-23-35-33(41(25-31)65(5,59)60)9-7-11-39(35)63(3,55)56)21-43-47-44(49-45(48-43)46-17-18-54)22-30-14-16-38(28(2)20-30)53-51-32-24-36-34(42(26-32)66(6,61)62)10-8-12-40(36)64(4,57)58/h7-16,19-20,23-26,54H,17-18,21-22H2,1-6H3,(H,46,47,48,49). The minimum absolute atomic E-state index is 0.0209. The molecule has 0 unspecified atom stereocenters. The summed E-state index contributed by atoms with van der Waals surface area (Å²) in [5, 5.41) is 30.9. The lowest BCUT2D eigenvalue weighted by Gasteiger charge is -2.11. The molecule has 0 atom stereocenters. The van der Waals surface area contributed by atoms with Crippen molar-refractivity contribution < 1.29 is 38.8 Å². The molecule has 342 valence electrons. The Morgan fingerprint density at radius 2 is 0.894 bits per heavy atom. The van der Waals surface area contributed by atoms with E-state index in [0.717, 1.165) is 47.3 Å². The highest BCUT2D eigenvalue weighted by molar-refractivity contribution is 7.92. The lowest BCUT2D eigenvalue weighted by Crippen LogP contribution is -2.13. The second-order valence-electron chi connectivity index (χ2n) is 15.8. The third-order valence-electron chi connectivity index (χ3n) is 10.3. The summed E-state index contributed by atoms with van der Waals surface area (Å²) in [5.74, 6) is 1.18. The Labute approximate surface area is 382 Å². The summed E-state index contributed by atoms with van der Waals surface area (Å²) in [7, 11) is -14.9. The normalized spacial score (nSPS) is 12.8. The summed E-state index contributed by atoms with van der Waals surface area (Å²) in [6.45, 7) is 3.73. The minimum Gasteiger partial charge on any atom is -0.395 e. The van der Waals surface area contributed by atoms with Gasteiger partial charge >= 0.3 is 0 Å². The highest BCUT2D eigenvalue weighted by atomic mass is 32.2. The van der Waals surface area contributed by atoms with Crippen molar-refractivity contribution in [1.82, 2.24) is 15.0 Å². The average Bonchev–Trinajstić information content (AvgIpc) is 3.22. The van der Waals surface area contributed by atoms with E-state index in [4.69, 9.17) is 4.98 Å². The van der Waals surface area contributed by atoms with Gasteiger partial charge in [0.15, 0.2) is 39.3 Å². The molecule has 0 amide bonds. The zero-order chi connectivity index (χ0) is 47.8. The molecule has 0 aliphatic carbocycles. The first kappa shape index (κ1) is 47.6. The average molecular weight is 969 g/mol. The summed E-state index contributed by atoms with van der Waals surface area (Å²) in [4.78, 5) is 13.7.